The normalized spacial score (nSPS) is 17.9. The summed E-state index contributed by atoms with van der Waals surface area (Å²) in [6, 6.07) is 15.2. The molecule has 0 bridgehead atoms. The van der Waals surface area contributed by atoms with E-state index in [1.807, 2.05) is 30.1 Å². The van der Waals surface area contributed by atoms with Gasteiger partial charge in [0.2, 0.25) is 0 Å². The number of guanidine groups is 1. The molecule has 152 valence electrons. The number of thiophene rings is 1. The minimum Gasteiger partial charge on any atom is -0.379 e. The number of morpholine rings is 1. The highest BCUT2D eigenvalue weighted by Crippen LogP contribution is 2.25. The molecule has 2 N–H and O–H groups in total. The number of nitrogens with zero attached hydrogens (tertiary/aromatic N) is 2. The Morgan fingerprint density at radius 3 is 2.57 bits per heavy atom. The molecule has 1 aromatic heterocycles. The van der Waals surface area contributed by atoms with E-state index in [0.29, 0.717) is 11.3 Å². The first-order valence-electron chi connectivity index (χ1n) is 9.77. The fraction of sp³-hybridized carbons (Fsp3) is 0.476. The Balaban J connectivity index is 1.50. The molecule has 7 heteroatoms. The summed E-state index contributed by atoms with van der Waals surface area (Å²) >= 11 is 3.69. The van der Waals surface area contributed by atoms with Crippen LogP contribution in [0.3, 0.4) is 0 Å². The van der Waals surface area contributed by atoms with Gasteiger partial charge < -0.3 is 15.4 Å². The summed E-state index contributed by atoms with van der Waals surface area (Å²) in [7, 11) is 1.83. The highest BCUT2D eigenvalue weighted by molar-refractivity contribution is 8.00. The van der Waals surface area contributed by atoms with Crippen LogP contribution in [0.4, 0.5) is 0 Å². The molecule has 28 heavy (non-hydrogen) atoms. The smallest absolute Gasteiger partial charge is 0.191 e. The lowest BCUT2D eigenvalue weighted by Gasteiger charge is -2.34. The standard InChI is InChI=1S/C21H30N4OS2/c1-17(28-18-7-4-3-5-8-18)15-23-21(22-2)24-16-19(20-9-6-14-27-20)25-10-12-26-13-11-25/h3-9,14,17,19H,10-13,15-16H2,1-2H3,(H2,22,23,24). The number of thioether (sulfide) groups is 1. The van der Waals surface area contributed by atoms with E-state index < -0.39 is 0 Å². The third-order valence-corrected chi connectivity index (χ3v) is 6.77. The van der Waals surface area contributed by atoms with Gasteiger partial charge in [-0.05, 0) is 23.6 Å². The summed E-state index contributed by atoms with van der Waals surface area (Å²) in [4.78, 5) is 9.60. The maximum atomic E-state index is 5.53. The number of ether oxygens (including phenoxy) is 1. The zero-order chi connectivity index (χ0) is 19.6. The summed E-state index contributed by atoms with van der Waals surface area (Å²) in [6.07, 6.45) is 0. The molecule has 1 aromatic carbocycles. The van der Waals surface area contributed by atoms with E-state index >= 15 is 0 Å². The first-order valence-corrected chi connectivity index (χ1v) is 11.5. The molecule has 2 atom stereocenters. The van der Waals surface area contributed by atoms with Crippen LogP contribution in [0.1, 0.15) is 17.8 Å². The Kier molecular flexibility index (Phi) is 8.67. The lowest BCUT2D eigenvalue weighted by atomic mass is 10.2. The van der Waals surface area contributed by atoms with Crippen molar-refractivity contribution in [2.75, 3.05) is 46.4 Å². The fourth-order valence-corrected chi connectivity index (χ4v) is 5.01. The lowest BCUT2D eigenvalue weighted by Crippen LogP contribution is -2.46. The number of aliphatic imine (C=N–C) groups is 1. The Hall–Kier alpha value is -1.54. The lowest BCUT2D eigenvalue weighted by molar-refractivity contribution is 0.0177. The van der Waals surface area contributed by atoms with Crippen LogP contribution in [-0.2, 0) is 4.74 Å². The minimum absolute atomic E-state index is 0.346. The van der Waals surface area contributed by atoms with Gasteiger partial charge in [-0.25, -0.2) is 0 Å². The predicted molar refractivity (Wildman–Crippen MR) is 121 cm³/mol. The molecule has 1 aliphatic heterocycles. The summed E-state index contributed by atoms with van der Waals surface area (Å²) in [5.74, 6) is 0.857. The SMILES string of the molecule is CN=C(NCC(C)Sc1ccccc1)NCC(c1cccs1)N1CCOCC1. The van der Waals surface area contributed by atoms with Gasteiger partial charge >= 0.3 is 0 Å². The van der Waals surface area contributed by atoms with Crippen LogP contribution in [0.2, 0.25) is 0 Å². The quantitative estimate of drug-likeness (QED) is 0.391. The van der Waals surface area contributed by atoms with E-state index in [9.17, 15) is 0 Å². The van der Waals surface area contributed by atoms with Gasteiger partial charge in [0, 0.05) is 48.2 Å². The molecular formula is C21H30N4OS2. The molecule has 2 heterocycles. The number of nitrogens with one attached hydrogen (secondary N) is 2. The number of rotatable bonds is 8. The second kappa shape index (κ2) is 11.5. The van der Waals surface area contributed by atoms with Gasteiger partial charge in [-0.2, -0.15) is 0 Å². The van der Waals surface area contributed by atoms with Crippen molar-refractivity contribution in [3.8, 4) is 0 Å². The van der Waals surface area contributed by atoms with Gasteiger partial charge in [0.1, 0.15) is 0 Å². The van der Waals surface area contributed by atoms with Gasteiger partial charge in [-0.15, -0.1) is 23.1 Å². The van der Waals surface area contributed by atoms with Crippen LogP contribution in [0, 0.1) is 0 Å². The van der Waals surface area contributed by atoms with E-state index in [1.54, 1.807) is 0 Å². The third kappa shape index (κ3) is 6.51. The zero-order valence-electron chi connectivity index (χ0n) is 16.6. The third-order valence-electron chi connectivity index (χ3n) is 4.68. The van der Waals surface area contributed by atoms with Crippen molar-refractivity contribution in [2.24, 2.45) is 4.99 Å². The molecular weight excluding hydrogens is 388 g/mol. The second-order valence-corrected chi connectivity index (χ2v) is 9.25. The molecule has 1 aliphatic rings. The van der Waals surface area contributed by atoms with Crippen molar-refractivity contribution in [1.82, 2.24) is 15.5 Å². The van der Waals surface area contributed by atoms with Crippen LogP contribution in [0.15, 0.2) is 57.7 Å². The van der Waals surface area contributed by atoms with Gasteiger partial charge in [0.05, 0.1) is 19.3 Å². The topological polar surface area (TPSA) is 48.9 Å². The Labute approximate surface area is 176 Å². The van der Waals surface area contributed by atoms with Crippen LogP contribution in [0.25, 0.3) is 0 Å². The number of hydrogen-bond donors (Lipinski definition) is 2. The molecule has 1 fully saturated rings. The van der Waals surface area contributed by atoms with Gasteiger partial charge in [-0.1, -0.05) is 31.2 Å². The zero-order valence-corrected chi connectivity index (χ0v) is 18.3. The van der Waals surface area contributed by atoms with Crippen LogP contribution in [0.5, 0.6) is 0 Å². The fourth-order valence-electron chi connectivity index (χ4n) is 3.21. The molecule has 0 spiro atoms. The molecule has 0 amide bonds. The van der Waals surface area contributed by atoms with Crippen molar-refractivity contribution in [3.05, 3.63) is 52.7 Å². The summed E-state index contributed by atoms with van der Waals surface area (Å²) in [6.45, 7) is 7.50. The average molecular weight is 419 g/mol. The van der Waals surface area contributed by atoms with Crippen LogP contribution < -0.4 is 10.6 Å². The molecule has 2 aromatic rings. The molecule has 0 radical (unpaired) electrons. The molecule has 2 unspecified atom stereocenters. The molecule has 5 nitrogen and oxygen atoms in total. The van der Waals surface area contributed by atoms with Crippen molar-refractivity contribution in [3.63, 3.8) is 0 Å². The monoisotopic (exact) mass is 418 g/mol. The van der Waals surface area contributed by atoms with Gasteiger partial charge in [0.15, 0.2) is 5.96 Å². The Bertz CT molecular complexity index is 702. The molecule has 1 saturated heterocycles. The van der Waals surface area contributed by atoms with Crippen molar-refractivity contribution >= 4 is 29.1 Å². The highest BCUT2D eigenvalue weighted by Gasteiger charge is 2.23. The number of hydrogen-bond acceptors (Lipinski definition) is 5. The Morgan fingerprint density at radius 2 is 1.89 bits per heavy atom. The summed E-state index contributed by atoms with van der Waals surface area (Å²) in [5.41, 5.74) is 0. The first-order chi connectivity index (χ1) is 13.8. The van der Waals surface area contributed by atoms with Crippen LogP contribution in [-0.4, -0.2) is 62.5 Å². The van der Waals surface area contributed by atoms with Crippen LogP contribution >= 0.6 is 23.1 Å². The Morgan fingerprint density at radius 1 is 1.14 bits per heavy atom. The highest BCUT2D eigenvalue weighted by atomic mass is 32.2. The van der Waals surface area contributed by atoms with Crippen molar-refractivity contribution in [1.29, 1.82) is 0 Å². The van der Waals surface area contributed by atoms with E-state index in [-0.39, 0.29) is 0 Å². The predicted octanol–water partition coefficient (Wildman–Crippen LogP) is 3.47. The first kappa shape index (κ1) is 21.2. The summed E-state index contributed by atoms with van der Waals surface area (Å²) in [5, 5.41) is 9.60. The van der Waals surface area contributed by atoms with E-state index in [1.165, 1.54) is 9.77 Å². The van der Waals surface area contributed by atoms with Gasteiger partial charge in [-0.3, -0.25) is 9.89 Å². The molecule has 3 rings (SSSR count). The minimum atomic E-state index is 0.346. The average Bonchev–Trinajstić information content (AvgIpc) is 3.26. The number of benzene rings is 1. The van der Waals surface area contributed by atoms with E-state index in [2.05, 4.69) is 75.3 Å². The van der Waals surface area contributed by atoms with Crippen molar-refractivity contribution < 1.29 is 4.74 Å². The molecule has 0 saturated carbocycles. The second-order valence-electron chi connectivity index (χ2n) is 6.76. The molecule has 0 aliphatic carbocycles. The maximum Gasteiger partial charge on any atom is 0.191 e. The maximum absolute atomic E-state index is 5.53. The van der Waals surface area contributed by atoms with Gasteiger partial charge in [0.25, 0.3) is 0 Å². The summed E-state index contributed by atoms with van der Waals surface area (Å²) < 4.78 is 5.53. The van der Waals surface area contributed by atoms with Crippen molar-refractivity contribution in [2.45, 2.75) is 23.1 Å². The van der Waals surface area contributed by atoms with E-state index in [0.717, 1.165) is 45.4 Å². The van der Waals surface area contributed by atoms with E-state index in [4.69, 9.17) is 4.74 Å². The largest absolute Gasteiger partial charge is 0.379 e.